The van der Waals surface area contributed by atoms with Crippen LogP contribution in [0.15, 0.2) is 24.3 Å². The molecule has 4 heteroatoms. The first-order valence-corrected chi connectivity index (χ1v) is 7.43. The highest BCUT2D eigenvalue weighted by molar-refractivity contribution is 7.21. The van der Waals surface area contributed by atoms with Gasteiger partial charge in [-0.05, 0) is 25.3 Å². The molecule has 1 aromatic carbocycles. The number of halogens is 1. The maximum atomic E-state index is 12.4. The molecule has 1 amide bonds. The van der Waals surface area contributed by atoms with Gasteiger partial charge in [0.2, 0.25) is 0 Å². The average Bonchev–Trinajstić information content (AvgIpc) is 2.77. The molecule has 1 aromatic heterocycles. The van der Waals surface area contributed by atoms with Crippen LogP contribution in [-0.2, 0) is 0 Å². The molecule has 0 aliphatic carbocycles. The number of nitrogens with zero attached hydrogens (tertiary/aromatic N) is 1. The fourth-order valence-corrected chi connectivity index (χ4v) is 3.87. The van der Waals surface area contributed by atoms with Crippen LogP contribution in [0.3, 0.4) is 0 Å². The summed E-state index contributed by atoms with van der Waals surface area (Å²) in [5.74, 6) is 0.0981. The van der Waals surface area contributed by atoms with Crippen molar-refractivity contribution in [3.8, 4) is 0 Å². The molecule has 0 spiro atoms. The van der Waals surface area contributed by atoms with E-state index in [4.69, 9.17) is 11.6 Å². The van der Waals surface area contributed by atoms with Gasteiger partial charge >= 0.3 is 0 Å². The van der Waals surface area contributed by atoms with Crippen molar-refractivity contribution in [3.05, 3.63) is 34.2 Å². The van der Waals surface area contributed by atoms with E-state index in [0.717, 1.165) is 36.0 Å². The van der Waals surface area contributed by atoms with Gasteiger partial charge in [0.05, 0.1) is 5.02 Å². The third kappa shape index (κ3) is 2.02. The summed E-state index contributed by atoms with van der Waals surface area (Å²) in [5.41, 5.74) is 0. The van der Waals surface area contributed by atoms with E-state index < -0.39 is 0 Å². The number of carbonyl (C=O) groups excluding carboxylic acids is 1. The Bertz CT molecular complexity index is 586. The number of thiophene rings is 1. The van der Waals surface area contributed by atoms with E-state index in [2.05, 4.69) is 0 Å². The first-order valence-electron chi connectivity index (χ1n) is 6.23. The first kappa shape index (κ1) is 12.0. The van der Waals surface area contributed by atoms with Gasteiger partial charge in [0, 0.05) is 23.2 Å². The molecule has 18 heavy (non-hydrogen) atoms. The molecular weight excluding hydrogens is 266 g/mol. The monoisotopic (exact) mass is 279 g/mol. The number of likely N-dealkylation sites (tertiary alicyclic amines) is 1. The molecule has 0 saturated carbocycles. The Hall–Kier alpha value is -1.06. The zero-order valence-corrected chi connectivity index (χ0v) is 11.6. The second kappa shape index (κ2) is 4.90. The van der Waals surface area contributed by atoms with Crippen LogP contribution >= 0.6 is 22.9 Å². The number of hydrogen-bond donors (Lipinski definition) is 0. The van der Waals surface area contributed by atoms with Gasteiger partial charge in [-0.2, -0.15) is 0 Å². The SMILES string of the molecule is O=C(c1sc2ccccc2c1Cl)N1CCCCC1. The van der Waals surface area contributed by atoms with Crippen LogP contribution in [0.25, 0.3) is 10.1 Å². The van der Waals surface area contributed by atoms with E-state index in [9.17, 15) is 4.79 Å². The molecule has 0 N–H and O–H groups in total. The van der Waals surface area contributed by atoms with Crippen molar-refractivity contribution in [2.24, 2.45) is 0 Å². The van der Waals surface area contributed by atoms with Crippen LogP contribution < -0.4 is 0 Å². The summed E-state index contributed by atoms with van der Waals surface area (Å²) in [6.07, 6.45) is 3.44. The zero-order chi connectivity index (χ0) is 12.5. The van der Waals surface area contributed by atoms with Crippen molar-refractivity contribution in [3.63, 3.8) is 0 Å². The maximum absolute atomic E-state index is 12.4. The van der Waals surface area contributed by atoms with Gasteiger partial charge in [0.1, 0.15) is 4.88 Å². The highest BCUT2D eigenvalue weighted by atomic mass is 35.5. The molecule has 0 radical (unpaired) electrons. The van der Waals surface area contributed by atoms with Gasteiger partial charge in [-0.15, -0.1) is 11.3 Å². The molecule has 3 rings (SSSR count). The molecule has 0 bridgehead atoms. The van der Waals surface area contributed by atoms with E-state index in [0.29, 0.717) is 9.90 Å². The van der Waals surface area contributed by atoms with Crippen LogP contribution in [-0.4, -0.2) is 23.9 Å². The smallest absolute Gasteiger partial charge is 0.265 e. The van der Waals surface area contributed by atoms with Gasteiger partial charge in [-0.25, -0.2) is 0 Å². The van der Waals surface area contributed by atoms with Gasteiger partial charge in [-0.1, -0.05) is 29.8 Å². The van der Waals surface area contributed by atoms with Gasteiger partial charge < -0.3 is 4.90 Å². The standard InChI is InChI=1S/C14H14ClNOS/c15-12-10-6-2-3-7-11(10)18-13(12)14(17)16-8-4-1-5-9-16/h2-3,6-7H,1,4-5,8-9H2. The third-order valence-electron chi connectivity index (χ3n) is 3.37. The maximum Gasteiger partial charge on any atom is 0.265 e. The lowest BCUT2D eigenvalue weighted by atomic mass is 10.1. The number of piperidine rings is 1. The number of benzene rings is 1. The summed E-state index contributed by atoms with van der Waals surface area (Å²) in [6, 6.07) is 7.92. The number of rotatable bonds is 1. The second-order valence-corrected chi connectivity index (χ2v) is 6.02. The van der Waals surface area contributed by atoms with Crippen molar-refractivity contribution in [2.45, 2.75) is 19.3 Å². The van der Waals surface area contributed by atoms with Crippen molar-refractivity contribution in [1.29, 1.82) is 0 Å². The zero-order valence-electron chi connectivity index (χ0n) is 9.99. The van der Waals surface area contributed by atoms with E-state index in [1.54, 1.807) is 0 Å². The summed E-state index contributed by atoms with van der Waals surface area (Å²) < 4.78 is 1.09. The Morgan fingerprint density at radius 2 is 1.89 bits per heavy atom. The summed E-state index contributed by atoms with van der Waals surface area (Å²) >= 11 is 7.84. The van der Waals surface area contributed by atoms with Gasteiger partial charge in [-0.3, -0.25) is 4.79 Å². The number of amides is 1. The molecule has 2 heterocycles. The highest BCUT2D eigenvalue weighted by Crippen LogP contribution is 2.36. The second-order valence-electron chi connectivity index (χ2n) is 4.59. The minimum absolute atomic E-state index is 0.0981. The largest absolute Gasteiger partial charge is 0.338 e. The van der Waals surface area contributed by atoms with Crippen molar-refractivity contribution in [1.82, 2.24) is 4.90 Å². The average molecular weight is 280 g/mol. The number of fused-ring (bicyclic) bond motifs is 1. The Kier molecular flexibility index (Phi) is 3.27. The fourth-order valence-electron chi connectivity index (χ4n) is 2.39. The lowest BCUT2D eigenvalue weighted by molar-refractivity contribution is 0.0729. The van der Waals surface area contributed by atoms with Crippen molar-refractivity contribution in [2.75, 3.05) is 13.1 Å². The Labute approximate surface area is 115 Å². The molecule has 1 fully saturated rings. The molecule has 2 nitrogen and oxygen atoms in total. The topological polar surface area (TPSA) is 20.3 Å². The van der Waals surface area contributed by atoms with Crippen LogP contribution in [0.2, 0.25) is 5.02 Å². The minimum atomic E-state index is 0.0981. The van der Waals surface area contributed by atoms with Crippen LogP contribution in [0.5, 0.6) is 0 Å². The Balaban J connectivity index is 1.98. The highest BCUT2D eigenvalue weighted by Gasteiger charge is 2.23. The molecule has 2 aromatic rings. The predicted octanol–water partition coefficient (Wildman–Crippen LogP) is 4.18. The summed E-state index contributed by atoms with van der Waals surface area (Å²) in [4.78, 5) is 15.1. The molecule has 1 aliphatic heterocycles. The van der Waals surface area contributed by atoms with Crippen molar-refractivity contribution >= 4 is 38.9 Å². The minimum Gasteiger partial charge on any atom is -0.338 e. The molecule has 1 saturated heterocycles. The lowest BCUT2D eigenvalue weighted by Crippen LogP contribution is -2.35. The summed E-state index contributed by atoms with van der Waals surface area (Å²) in [5, 5.41) is 1.61. The number of carbonyl (C=O) groups is 1. The van der Waals surface area contributed by atoms with E-state index in [1.807, 2.05) is 29.2 Å². The van der Waals surface area contributed by atoms with E-state index in [-0.39, 0.29) is 5.91 Å². The quantitative estimate of drug-likeness (QED) is 0.767. The van der Waals surface area contributed by atoms with Gasteiger partial charge in [0.25, 0.3) is 5.91 Å². The fraction of sp³-hybridized carbons (Fsp3) is 0.357. The molecule has 94 valence electrons. The molecular formula is C14H14ClNOS. The predicted molar refractivity (Wildman–Crippen MR) is 76.6 cm³/mol. The Morgan fingerprint density at radius 1 is 1.17 bits per heavy atom. The van der Waals surface area contributed by atoms with Gasteiger partial charge in [0.15, 0.2) is 0 Å². The number of hydrogen-bond acceptors (Lipinski definition) is 2. The van der Waals surface area contributed by atoms with E-state index in [1.165, 1.54) is 17.8 Å². The first-order chi connectivity index (χ1) is 8.77. The van der Waals surface area contributed by atoms with Crippen molar-refractivity contribution < 1.29 is 4.79 Å². The summed E-state index contributed by atoms with van der Waals surface area (Å²) in [7, 11) is 0. The van der Waals surface area contributed by atoms with Crippen LogP contribution in [0.4, 0.5) is 0 Å². The van der Waals surface area contributed by atoms with E-state index >= 15 is 0 Å². The molecule has 0 unspecified atom stereocenters. The Morgan fingerprint density at radius 3 is 2.61 bits per heavy atom. The van der Waals surface area contributed by atoms with Crippen LogP contribution in [0, 0.1) is 0 Å². The van der Waals surface area contributed by atoms with Crippen LogP contribution in [0.1, 0.15) is 28.9 Å². The lowest BCUT2D eigenvalue weighted by Gasteiger charge is -2.26. The third-order valence-corrected chi connectivity index (χ3v) is 5.04. The molecule has 0 atom stereocenters. The summed E-state index contributed by atoms with van der Waals surface area (Å²) in [6.45, 7) is 1.73. The normalized spacial score (nSPS) is 16.2. The molecule has 1 aliphatic rings.